The molecule has 1 aliphatic rings. The number of non-ortho nitro benzene ring substituents is 1. The summed E-state index contributed by atoms with van der Waals surface area (Å²) in [6.45, 7) is 1.28. The molecule has 1 fully saturated rings. The fourth-order valence-electron chi connectivity index (χ4n) is 1.22. The molecule has 0 aliphatic carbocycles. The maximum Gasteiger partial charge on any atom is 0.273 e. The number of hydrogen-bond donors (Lipinski definition) is 1. The molecule has 6 heteroatoms. The van der Waals surface area contributed by atoms with E-state index < -0.39 is 10.7 Å². The Morgan fingerprint density at radius 1 is 1.53 bits per heavy atom. The molecule has 1 aliphatic heterocycles. The van der Waals surface area contributed by atoms with Gasteiger partial charge in [0, 0.05) is 19.2 Å². The molecule has 0 amide bonds. The molecule has 1 saturated heterocycles. The summed E-state index contributed by atoms with van der Waals surface area (Å²) in [7, 11) is 0. The summed E-state index contributed by atoms with van der Waals surface area (Å²) in [6.07, 6.45) is -0.0958. The quantitative estimate of drug-likeness (QED) is 0.601. The molecule has 1 N–H and O–H groups in total. The van der Waals surface area contributed by atoms with E-state index in [-0.39, 0.29) is 17.5 Å². The van der Waals surface area contributed by atoms with Crippen molar-refractivity contribution in [2.24, 2.45) is 0 Å². The predicted molar refractivity (Wildman–Crippen MR) is 50.3 cm³/mol. The van der Waals surface area contributed by atoms with E-state index in [4.69, 9.17) is 4.74 Å². The third kappa shape index (κ3) is 2.04. The predicted octanol–water partition coefficient (Wildman–Crippen LogP) is 1.08. The van der Waals surface area contributed by atoms with Crippen molar-refractivity contribution in [1.29, 1.82) is 0 Å². The largest absolute Gasteiger partial charge is 0.484 e. The molecule has 1 aromatic carbocycles. The van der Waals surface area contributed by atoms with E-state index in [1.165, 1.54) is 0 Å². The summed E-state index contributed by atoms with van der Waals surface area (Å²) in [6, 6.07) is 3.26. The lowest BCUT2D eigenvalue weighted by Crippen LogP contribution is -2.50. The molecule has 0 saturated carbocycles. The minimum absolute atomic E-state index is 0.0595. The lowest BCUT2D eigenvalue weighted by atomic mass is 10.2. The highest BCUT2D eigenvalue weighted by molar-refractivity contribution is 5.39. The topological polar surface area (TPSA) is 64.4 Å². The van der Waals surface area contributed by atoms with Gasteiger partial charge in [-0.2, -0.15) is 0 Å². The molecular formula is C9H9FN2O3. The van der Waals surface area contributed by atoms with Crippen molar-refractivity contribution in [2.75, 3.05) is 13.1 Å². The van der Waals surface area contributed by atoms with Crippen LogP contribution in [0.3, 0.4) is 0 Å². The maximum atomic E-state index is 13.2. The molecular weight excluding hydrogens is 203 g/mol. The van der Waals surface area contributed by atoms with E-state index in [1.54, 1.807) is 0 Å². The first-order valence-corrected chi connectivity index (χ1v) is 4.48. The van der Waals surface area contributed by atoms with Crippen LogP contribution >= 0.6 is 0 Å². The van der Waals surface area contributed by atoms with Gasteiger partial charge < -0.3 is 10.1 Å². The van der Waals surface area contributed by atoms with Gasteiger partial charge in [0.1, 0.15) is 6.10 Å². The number of nitrogens with zero attached hydrogens (tertiary/aromatic N) is 1. The van der Waals surface area contributed by atoms with Crippen LogP contribution in [0, 0.1) is 15.9 Å². The second kappa shape index (κ2) is 3.82. The van der Waals surface area contributed by atoms with Crippen molar-refractivity contribution in [3.05, 3.63) is 34.1 Å². The Morgan fingerprint density at radius 3 is 2.80 bits per heavy atom. The Balaban J connectivity index is 2.19. The molecule has 0 radical (unpaired) electrons. The number of ether oxygens (including phenoxy) is 1. The summed E-state index contributed by atoms with van der Waals surface area (Å²) < 4.78 is 18.4. The standard InChI is InChI=1S/C9H9FN2O3/c10-8-2-1-6(12(13)14)3-9(8)15-7-4-11-5-7/h1-3,7,11H,4-5H2. The molecule has 0 spiro atoms. The monoisotopic (exact) mass is 212 g/mol. The Morgan fingerprint density at radius 2 is 2.27 bits per heavy atom. The maximum absolute atomic E-state index is 13.2. The second-order valence-corrected chi connectivity index (χ2v) is 3.27. The van der Waals surface area contributed by atoms with Gasteiger partial charge in [-0.15, -0.1) is 0 Å². The minimum Gasteiger partial charge on any atom is -0.484 e. The van der Waals surface area contributed by atoms with Crippen LogP contribution in [0.25, 0.3) is 0 Å². The normalized spacial score (nSPS) is 15.8. The van der Waals surface area contributed by atoms with Crippen LogP contribution in [0.1, 0.15) is 0 Å². The molecule has 5 nitrogen and oxygen atoms in total. The number of halogens is 1. The van der Waals surface area contributed by atoms with Crippen molar-refractivity contribution in [1.82, 2.24) is 5.32 Å². The molecule has 2 rings (SSSR count). The van der Waals surface area contributed by atoms with Crippen LogP contribution in [0.15, 0.2) is 18.2 Å². The highest BCUT2D eigenvalue weighted by atomic mass is 19.1. The first kappa shape index (κ1) is 9.85. The number of rotatable bonds is 3. The van der Waals surface area contributed by atoms with E-state index >= 15 is 0 Å². The van der Waals surface area contributed by atoms with Crippen molar-refractivity contribution < 1.29 is 14.1 Å². The third-order valence-corrected chi connectivity index (χ3v) is 2.16. The minimum atomic E-state index is -0.578. The molecule has 0 aromatic heterocycles. The Labute approximate surface area is 85.0 Å². The average molecular weight is 212 g/mol. The summed E-state index contributed by atoms with van der Waals surface area (Å²) in [5.74, 6) is -0.636. The van der Waals surface area contributed by atoms with Gasteiger partial charge in [0.15, 0.2) is 11.6 Å². The highest BCUT2D eigenvalue weighted by Gasteiger charge is 2.21. The van der Waals surface area contributed by atoms with E-state index in [9.17, 15) is 14.5 Å². The number of nitrogens with one attached hydrogen (secondary N) is 1. The molecule has 1 aromatic rings. The summed E-state index contributed by atoms with van der Waals surface area (Å²) >= 11 is 0. The first-order valence-electron chi connectivity index (χ1n) is 4.48. The molecule has 80 valence electrons. The lowest BCUT2D eigenvalue weighted by molar-refractivity contribution is -0.385. The van der Waals surface area contributed by atoms with Crippen LogP contribution in [0.5, 0.6) is 5.75 Å². The van der Waals surface area contributed by atoms with Gasteiger partial charge in [-0.1, -0.05) is 0 Å². The summed E-state index contributed by atoms with van der Waals surface area (Å²) in [5.41, 5.74) is -0.168. The molecule has 15 heavy (non-hydrogen) atoms. The fourth-order valence-corrected chi connectivity index (χ4v) is 1.22. The number of hydrogen-bond acceptors (Lipinski definition) is 4. The van der Waals surface area contributed by atoms with Gasteiger partial charge in [0.05, 0.1) is 11.0 Å². The first-order chi connectivity index (χ1) is 7.16. The van der Waals surface area contributed by atoms with E-state index in [2.05, 4.69) is 5.32 Å². The van der Waals surface area contributed by atoms with Gasteiger partial charge in [0.25, 0.3) is 5.69 Å². The lowest BCUT2D eigenvalue weighted by Gasteiger charge is -2.27. The Bertz CT molecular complexity index is 393. The number of nitro groups is 1. The molecule has 0 atom stereocenters. The van der Waals surface area contributed by atoms with E-state index in [0.717, 1.165) is 18.2 Å². The zero-order valence-corrected chi connectivity index (χ0v) is 7.77. The van der Waals surface area contributed by atoms with Gasteiger partial charge in [0.2, 0.25) is 0 Å². The van der Waals surface area contributed by atoms with Crippen molar-refractivity contribution in [2.45, 2.75) is 6.10 Å². The van der Waals surface area contributed by atoms with Gasteiger partial charge in [-0.3, -0.25) is 10.1 Å². The Hall–Kier alpha value is -1.69. The van der Waals surface area contributed by atoms with Crippen molar-refractivity contribution in [3.63, 3.8) is 0 Å². The van der Waals surface area contributed by atoms with Gasteiger partial charge in [-0.05, 0) is 6.07 Å². The zero-order valence-electron chi connectivity index (χ0n) is 7.77. The smallest absolute Gasteiger partial charge is 0.273 e. The van der Waals surface area contributed by atoms with Crippen LogP contribution in [-0.4, -0.2) is 24.1 Å². The van der Waals surface area contributed by atoms with Gasteiger partial charge in [-0.25, -0.2) is 4.39 Å². The van der Waals surface area contributed by atoms with E-state index in [1.807, 2.05) is 0 Å². The van der Waals surface area contributed by atoms with Gasteiger partial charge >= 0.3 is 0 Å². The summed E-state index contributed by atoms with van der Waals surface area (Å²) in [4.78, 5) is 9.87. The highest BCUT2D eigenvalue weighted by Crippen LogP contribution is 2.24. The zero-order chi connectivity index (χ0) is 10.8. The van der Waals surface area contributed by atoms with Crippen molar-refractivity contribution >= 4 is 5.69 Å². The number of benzene rings is 1. The second-order valence-electron chi connectivity index (χ2n) is 3.27. The van der Waals surface area contributed by atoms with Crippen LogP contribution < -0.4 is 10.1 Å². The van der Waals surface area contributed by atoms with Crippen LogP contribution in [-0.2, 0) is 0 Å². The SMILES string of the molecule is O=[N+]([O-])c1ccc(F)c(OC2CNC2)c1. The average Bonchev–Trinajstić information content (AvgIpc) is 2.13. The van der Waals surface area contributed by atoms with Crippen LogP contribution in [0.4, 0.5) is 10.1 Å². The molecule has 0 bridgehead atoms. The Kier molecular flexibility index (Phi) is 2.51. The van der Waals surface area contributed by atoms with Crippen molar-refractivity contribution in [3.8, 4) is 5.75 Å². The number of nitro benzene ring substituents is 1. The molecule has 0 unspecified atom stereocenters. The molecule has 1 heterocycles. The third-order valence-electron chi connectivity index (χ3n) is 2.16. The van der Waals surface area contributed by atoms with E-state index in [0.29, 0.717) is 13.1 Å². The van der Waals surface area contributed by atoms with Crippen LogP contribution in [0.2, 0.25) is 0 Å². The summed E-state index contributed by atoms with van der Waals surface area (Å²) in [5, 5.41) is 13.4. The fraction of sp³-hybridized carbons (Fsp3) is 0.333.